The van der Waals surface area contributed by atoms with Crippen molar-refractivity contribution in [2.24, 2.45) is 0 Å². The van der Waals surface area contributed by atoms with Crippen LogP contribution in [-0.4, -0.2) is 20.7 Å². The lowest BCUT2D eigenvalue weighted by Gasteiger charge is -2.35. The minimum absolute atomic E-state index is 0.189. The van der Waals surface area contributed by atoms with Gasteiger partial charge in [-0.25, -0.2) is 9.67 Å². The lowest BCUT2D eigenvalue weighted by Crippen LogP contribution is -2.51. The average Bonchev–Trinajstić information content (AvgIpc) is 3.31. The van der Waals surface area contributed by atoms with E-state index >= 15 is 0 Å². The van der Waals surface area contributed by atoms with Crippen molar-refractivity contribution in [2.75, 3.05) is 10.6 Å². The van der Waals surface area contributed by atoms with E-state index < -0.39 is 5.66 Å². The molecule has 0 saturated carbocycles. The number of benzene rings is 3. The first kappa shape index (κ1) is 16.5. The van der Waals surface area contributed by atoms with Crippen LogP contribution in [0.4, 0.5) is 11.4 Å². The second kappa shape index (κ2) is 5.78. The van der Waals surface area contributed by atoms with Gasteiger partial charge < -0.3 is 10.6 Å². The van der Waals surface area contributed by atoms with Crippen molar-refractivity contribution in [1.29, 1.82) is 0 Å². The van der Waals surface area contributed by atoms with Crippen molar-refractivity contribution >= 4 is 33.2 Å². The molecule has 3 heterocycles. The lowest BCUT2D eigenvalue weighted by atomic mass is 9.96. The van der Waals surface area contributed by atoms with Gasteiger partial charge in [-0.05, 0) is 30.3 Å². The Morgan fingerprint density at radius 1 is 0.931 bits per heavy atom. The van der Waals surface area contributed by atoms with Crippen molar-refractivity contribution in [3.05, 3.63) is 82.8 Å². The molecular weight excluding hydrogens is 430 g/mol. The molecule has 0 fully saturated rings. The van der Waals surface area contributed by atoms with Gasteiger partial charge in [0, 0.05) is 32.5 Å². The summed E-state index contributed by atoms with van der Waals surface area (Å²) in [5.41, 5.74) is 3.00. The van der Waals surface area contributed by atoms with Gasteiger partial charge in [0.25, 0.3) is 5.91 Å². The summed E-state index contributed by atoms with van der Waals surface area (Å²) in [6.07, 6.45) is 0. The Balaban J connectivity index is 1.68. The van der Waals surface area contributed by atoms with E-state index in [9.17, 15) is 4.79 Å². The highest BCUT2D eigenvalue weighted by Gasteiger charge is 2.53. The fraction of sp³-hybridized carbons (Fsp3) is 0.0455. The number of carbonyl (C=O) groups excluding carboxylic acids is 1. The highest BCUT2D eigenvalue weighted by atomic mass is 79.9. The third kappa shape index (κ3) is 2.19. The van der Waals surface area contributed by atoms with E-state index in [1.807, 2.05) is 72.8 Å². The van der Waals surface area contributed by atoms with Gasteiger partial charge in [0.05, 0.1) is 0 Å². The summed E-state index contributed by atoms with van der Waals surface area (Å²) in [7, 11) is 0. The number of nitrogens with zero attached hydrogens (tertiary/aromatic N) is 3. The summed E-state index contributed by atoms with van der Waals surface area (Å²) in [6, 6.07) is 23.4. The number of aromatic nitrogens is 3. The van der Waals surface area contributed by atoms with Crippen molar-refractivity contribution in [2.45, 2.75) is 5.66 Å². The molecule has 1 atom stereocenters. The highest BCUT2D eigenvalue weighted by molar-refractivity contribution is 9.10. The van der Waals surface area contributed by atoms with Gasteiger partial charge in [0.2, 0.25) is 5.66 Å². The van der Waals surface area contributed by atoms with E-state index in [1.165, 1.54) is 0 Å². The van der Waals surface area contributed by atoms with Gasteiger partial charge in [-0.2, -0.15) is 0 Å². The Kier molecular flexibility index (Phi) is 3.29. The van der Waals surface area contributed by atoms with Crippen LogP contribution in [0, 0.1) is 0 Å². The molecule has 1 amide bonds. The molecule has 2 aliphatic rings. The van der Waals surface area contributed by atoms with Crippen molar-refractivity contribution in [1.82, 2.24) is 14.8 Å². The predicted molar refractivity (Wildman–Crippen MR) is 114 cm³/mol. The van der Waals surface area contributed by atoms with Crippen molar-refractivity contribution in [3.8, 4) is 22.8 Å². The zero-order valence-electron chi connectivity index (χ0n) is 15.1. The molecule has 7 heteroatoms. The summed E-state index contributed by atoms with van der Waals surface area (Å²) < 4.78 is 2.60. The number of nitrogens with one attached hydrogen (secondary N) is 2. The van der Waals surface area contributed by atoms with Crippen LogP contribution in [0.1, 0.15) is 5.56 Å². The van der Waals surface area contributed by atoms with Gasteiger partial charge in [0.1, 0.15) is 0 Å². The number of para-hydroxylation sites is 1. The Hall–Kier alpha value is -3.45. The predicted octanol–water partition coefficient (Wildman–Crippen LogP) is 4.45. The Labute approximate surface area is 174 Å². The van der Waals surface area contributed by atoms with E-state index in [2.05, 4.69) is 26.6 Å². The molecule has 0 aliphatic carbocycles. The maximum absolute atomic E-state index is 13.4. The fourth-order valence-corrected chi connectivity index (χ4v) is 4.42. The Morgan fingerprint density at radius 3 is 2.59 bits per heavy atom. The first-order valence-electron chi connectivity index (χ1n) is 9.19. The SMILES string of the molecule is O=C1Nc2ccc(Br)cc2C12Nc1ccccc1-c1nc(-c3ccccc3)nn12. The standard InChI is InChI=1S/C22H14BrN5O/c23-14-10-11-18-16(12-14)22(21(29)24-18)26-17-9-5-4-8-15(17)20-25-19(27-28(20)22)13-6-2-1-3-7-13/h1-12,26H,(H,24,29). The van der Waals surface area contributed by atoms with Crippen LogP contribution in [0.3, 0.4) is 0 Å². The molecule has 0 radical (unpaired) electrons. The maximum atomic E-state index is 13.4. The van der Waals surface area contributed by atoms with Crippen LogP contribution < -0.4 is 10.6 Å². The highest BCUT2D eigenvalue weighted by Crippen LogP contribution is 2.47. The number of anilines is 2. The van der Waals surface area contributed by atoms with Crippen LogP contribution in [0.2, 0.25) is 0 Å². The molecule has 2 N–H and O–H groups in total. The zero-order valence-corrected chi connectivity index (χ0v) is 16.6. The van der Waals surface area contributed by atoms with Gasteiger partial charge in [-0.1, -0.05) is 58.4 Å². The number of fused-ring (bicyclic) bond motifs is 6. The first-order valence-corrected chi connectivity index (χ1v) is 9.98. The molecule has 29 heavy (non-hydrogen) atoms. The summed E-state index contributed by atoms with van der Waals surface area (Å²) in [6.45, 7) is 0. The van der Waals surface area contributed by atoms with Gasteiger partial charge in [-0.15, -0.1) is 5.10 Å². The minimum atomic E-state index is -1.21. The topological polar surface area (TPSA) is 71.8 Å². The Bertz CT molecular complexity index is 1300. The number of halogens is 1. The lowest BCUT2D eigenvalue weighted by molar-refractivity contribution is -0.121. The molecule has 3 aromatic carbocycles. The average molecular weight is 444 g/mol. The van der Waals surface area contributed by atoms with E-state index in [-0.39, 0.29) is 5.91 Å². The van der Waals surface area contributed by atoms with Crippen LogP contribution in [0.15, 0.2) is 77.3 Å². The minimum Gasteiger partial charge on any atom is -0.349 e. The quantitative estimate of drug-likeness (QED) is 0.455. The largest absolute Gasteiger partial charge is 0.349 e. The molecule has 0 bridgehead atoms. The van der Waals surface area contributed by atoms with E-state index in [0.717, 1.165) is 32.5 Å². The van der Waals surface area contributed by atoms with E-state index in [4.69, 9.17) is 10.1 Å². The molecular formula is C22H14BrN5O. The summed E-state index contributed by atoms with van der Waals surface area (Å²) >= 11 is 3.54. The van der Waals surface area contributed by atoms with Crippen LogP contribution in [-0.2, 0) is 10.5 Å². The molecule has 140 valence electrons. The molecule has 4 aromatic rings. The van der Waals surface area contributed by atoms with Gasteiger partial charge in [0.15, 0.2) is 11.6 Å². The number of carbonyl (C=O) groups is 1. The number of hydrogen-bond acceptors (Lipinski definition) is 4. The number of hydrogen-bond donors (Lipinski definition) is 2. The smallest absolute Gasteiger partial charge is 0.278 e. The third-order valence-corrected chi connectivity index (χ3v) is 5.88. The first-order chi connectivity index (χ1) is 14.2. The number of amides is 1. The summed E-state index contributed by atoms with van der Waals surface area (Å²) in [5, 5.41) is 11.3. The molecule has 6 nitrogen and oxygen atoms in total. The van der Waals surface area contributed by atoms with Crippen LogP contribution in [0.25, 0.3) is 22.8 Å². The monoisotopic (exact) mass is 443 g/mol. The van der Waals surface area contributed by atoms with E-state index in [1.54, 1.807) is 4.68 Å². The molecule has 6 rings (SSSR count). The summed E-state index contributed by atoms with van der Waals surface area (Å²) in [5.74, 6) is 1.04. The maximum Gasteiger partial charge on any atom is 0.278 e. The van der Waals surface area contributed by atoms with Crippen molar-refractivity contribution < 1.29 is 4.79 Å². The molecule has 2 aliphatic heterocycles. The van der Waals surface area contributed by atoms with Gasteiger partial charge in [-0.3, -0.25) is 4.79 Å². The summed E-state index contributed by atoms with van der Waals surface area (Å²) in [4.78, 5) is 18.2. The molecule has 0 saturated heterocycles. The van der Waals surface area contributed by atoms with Gasteiger partial charge >= 0.3 is 0 Å². The molecule has 1 aromatic heterocycles. The van der Waals surface area contributed by atoms with Crippen LogP contribution >= 0.6 is 15.9 Å². The second-order valence-electron chi connectivity index (χ2n) is 7.06. The fourth-order valence-electron chi connectivity index (χ4n) is 4.06. The second-order valence-corrected chi connectivity index (χ2v) is 7.98. The Morgan fingerprint density at radius 2 is 1.72 bits per heavy atom. The zero-order chi connectivity index (χ0) is 19.6. The number of rotatable bonds is 1. The van der Waals surface area contributed by atoms with E-state index in [0.29, 0.717) is 11.6 Å². The third-order valence-electron chi connectivity index (χ3n) is 5.39. The van der Waals surface area contributed by atoms with Crippen molar-refractivity contribution in [3.63, 3.8) is 0 Å². The molecule has 1 unspecified atom stereocenters. The normalized spacial score (nSPS) is 18.6. The van der Waals surface area contributed by atoms with Crippen LogP contribution in [0.5, 0.6) is 0 Å². The molecule has 1 spiro atoms.